The van der Waals surface area contributed by atoms with Gasteiger partial charge in [0.05, 0.1) is 8.60 Å². The van der Waals surface area contributed by atoms with E-state index in [0.29, 0.717) is 0 Å². The first kappa shape index (κ1) is 11.4. The highest BCUT2D eigenvalue weighted by Crippen LogP contribution is 2.11. The van der Waals surface area contributed by atoms with Crippen LogP contribution >= 0.6 is 17.2 Å². The van der Waals surface area contributed by atoms with E-state index in [4.69, 9.17) is 29.4 Å². The maximum Gasteiger partial charge on any atom is 1.00 e. The van der Waals surface area contributed by atoms with Crippen molar-refractivity contribution in [3.63, 3.8) is 0 Å². The molecule has 5 N–H and O–H groups in total. The molecule has 0 unspecified atom stereocenters. The molecule has 8 heavy (non-hydrogen) atoms. The van der Waals surface area contributed by atoms with E-state index in [1.54, 1.807) is 0 Å². The average Bonchev–Trinajstić information content (AvgIpc) is 1.25. The van der Waals surface area contributed by atoms with Crippen molar-refractivity contribution in [1.82, 2.24) is 0 Å². The summed E-state index contributed by atoms with van der Waals surface area (Å²) in [6, 6.07) is 0. The van der Waals surface area contributed by atoms with Crippen LogP contribution in [0.15, 0.2) is 0 Å². The van der Waals surface area contributed by atoms with Gasteiger partial charge in [-0.1, -0.05) is 0 Å². The van der Waals surface area contributed by atoms with E-state index in [-0.39, 0.29) is 1.43 Å². The molecule has 8 heteroatoms. The lowest BCUT2D eigenvalue weighted by atomic mass is 15.8. The Hall–Kier alpha value is 0.620. The maximum atomic E-state index is 8.70. The number of rotatable bonds is 0. The fourth-order valence-electron chi connectivity index (χ4n) is 0. The third-order valence-corrected chi connectivity index (χ3v) is 0. The summed E-state index contributed by atoms with van der Waals surface area (Å²) in [5, 5.41) is 0. The van der Waals surface area contributed by atoms with E-state index in [1.165, 1.54) is 0 Å². The summed E-state index contributed by atoms with van der Waals surface area (Å²) < 4.78 is 0. The Morgan fingerprint density at radius 2 is 1.00 bits per heavy atom. The van der Waals surface area contributed by atoms with E-state index >= 15 is 0 Å². The predicted octanol–water partition coefficient (Wildman–Crippen LogP) is -2.14. The van der Waals surface area contributed by atoms with Gasteiger partial charge in [-0.25, -0.2) is 0 Å². The second-order valence-electron chi connectivity index (χ2n) is 0.521. The van der Waals surface area contributed by atoms with Gasteiger partial charge < -0.3 is 29.4 Å². The quantitative estimate of drug-likeness (QED) is 0.260. The minimum absolute atomic E-state index is 0. The molecule has 0 aromatic carbocycles. The molecular formula is H6O6P2. The van der Waals surface area contributed by atoms with Crippen LogP contribution in [0, 0.1) is 0 Å². The Morgan fingerprint density at radius 1 is 1.00 bits per heavy atom. The second kappa shape index (κ2) is 7.62. The summed E-state index contributed by atoms with van der Waals surface area (Å²) in [6.07, 6.45) is 0. The van der Waals surface area contributed by atoms with Gasteiger partial charge in [-0.2, -0.15) is 0 Å². The lowest BCUT2D eigenvalue weighted by Crippen LogP contribution is -1.87. The van der Waals surface area contributed by atoms with E-state index in [0.717, 1.165) is 0 Å². The van der Waals surface area contributed by atoms with Gasteiger partial charge in [-0.15, -0.1) is 0 Å². The van der Waals surface area contributed by atoms with Crippen LogP contribution < -0.4 is 4.89 Å². The van der Waals surface area contributed by atoms with Gasteiger partial charge in [0.1, 0.15) is 0 Å². The minimum Gasteiger partial charge on any atom is -0.786 e. The Bertz CT molecular complexity index is 26.5. The standard InChI is InChI=1S/H3O3P.H2O3P/c2*1-4(2)3/h1-3H;1-2H/q;-1/p+1. The van der Waals surface area contributed by atoms with Gasteiger partial charge in [-0.05, 0) is 0 Å². The zero-order valence-corrected chi connectivity index (χ0v) is 5.33. The highest BCUT2D eigenvalue weighted by atomic mass is 31.2. The van der Waals surface area contributed by atoms with Crippen molar-refractivity contribution >= 4 is 17.2 Å². The van der Waals surface area contributed by atoms with Crippen LogP contribution in [0.1, 0.15) is 1.43 Å². The second-order valence-corrected chi connectivity index (χ2v) is 1.56. The normalized spacial score (nSPS) is 9.00. The Balaban J connectivity index is -0.0000000720. The van der Waals surface area contributed by atoms with Crippen LogP contribution in [-0.2, 0) is 0 Å². The third-order valence-electron chi connectivity index (χ3n) is 0. The van der Waals surface area contributed by atoms with E-state index in [9.17, 15) is 0 Å². The summed E-state index contributed by atoms with van der Waals surface area (Å²) in [7, 11) is -5.49. The molecule has 0 aliphatic heterocycles. The fraction of sp³-hybridized carbons (Fsp3) is 0. The van der Waals surface area contributed by atoms with Gasteiger partial charge >= 0.3 is 10.0 Å². The van der Waals surface area contributed by atoms with Crippen LogP contribution in [0.25, 0.3) is 0 Å². The molecule has 0 saturated carbocycles. The van der Waals surface area contributed by atoms with Crippen LogP contribution in [0.2, 0.25) is 0 Å². The first-order valence-electron chi connectivity index (χ1n) is 1.18. The molecule has 0 aromatic heterocycles. The van der Waals surface area contributed by atoms with Crippen LogP contribution in [0.5, 0.6) is 0 Å². The molecule has 0 aliphatic rings. The highest BCUT2D eigenvalue weighted by molar-refractivity contribution is 7.38. The molecule has 0 fully saturated rings. The molecule has 0 aromatic rings. The van der Waals surface area contributed by atoms with Crippen molar-refractivity contribution in [3.8, 4) is 0 Å². The third kappa shape index (κ3) is 544. The Kier molecular flexibility index (Phi) is 10.9. The summed E-state index contributed by atoms with van der Waals surface area (Å²) in [4.78, 5) is 44.6. The molecule has 0 amide bonds. The zero-order valence-electron chi connectivity index (χ0n) is 4.54. The van der Waals surface area contributed by atoms with Crippen molar-refractivity contribution in [2.45, 2.75) is 0 Å². The molecule has 0 saturated heterocycles. The predicted molar refractivity (Wildman–Crippen MR) is 26.0 cm³/mol. The molecule has 0 heterocycles. The van der Waals surface area contributed by atoms with E-state index in [2.05, 4.69) is 0 Å². The first-order valence-corrected chi connectivity index (χ1v) is 3.55. The lowest BCUT2D eigenvalue weighted by molar-refractivity contribution is -0.193. The smallest absolute Gasteiger partial charge is 0.786 e. The highest BCUT2D eigenvalue weighted by Gasteiger charge is 1.76. The molecule has 0 spiro atoms. The maximum absolute atomic E-state index is 8.70. The van der Waals surface area contributed by atoms with Crippen molar-refractivity contribution in [2.75, 3.05) is 0 Å². The van der Waals surface area contributed by atoms with Crippen molar-refractivity contribution in [1.29, 1.82) is 0 Å². The summed E-state index contributed by atoms with van der Waals surface area (Å²) in [6.45, 7) is 0. The molecule has 0 bridgehead atoms. The lowest BCUT2D eigenvalue weighted by Gasteiger charge is -1.99. The molecular weight excluding hydrogens is 158 g/mol. The number of hydrogen-bond acceptors (Lipinski definition) is 6. The Labute approximate surface area is 49.1 Å². The van der Waals surface area contributed by atoms with Crippen molar-refractivity contribution in [2.24, 2.45) is 0 Å². The van der Waals surface area contributed by atoms with Crippen molar-refractivity contribution in [3.05, 3.63) is 0 Å². The van der Waals surface area contributed by atoms with E-state index in [1.807, 2.05) is 0 Å². The monoisotopic (exact) mass is 164 g/mol. The fourth-order valence-corrected chi connectivity index (χ4v) is 0. The van der Waals surface area contributed by atoms with E-state index < -0.39 is 17.2 Å². The van der Waals surface area contributed by atoms with Crippen molar-refractivity contribution < 1.29 is 30.8 Å². The largest absolute Gasteiger partial charge is 1.00 e. The molecule has 52 valence electrons. The first-order chi connectivity index (χ1) is 3.46. The molecule has 0 radical (unpaired) electrons. The van der Waals surface area contributed by atoms with Gasteiger partial charge in [0.25, 0.3) is 0 Å². The summed E-state index contributed by atoms with van der Waals surface area (Å²) >= 11 is 0. The van der Waals surface area contributed by atoms with Gasteiger partial charge in [0, 0.05) is 0 Å². The molecule has 0 atom stereocenters. The van der Waals surface area contributed by atoms with Gasteiger partial charge in [0.15, 0.2) is 0 Å². The van der Waals surface area contributed by atoms with Crippen LogP contribution in [0.4, 0.5) is 0 Å². The molecule has 0 aliphatic carbocycles. The zero-order chi connectivity index (χ0) is 7.15. The Morgan fingerprint density at radius 3 is 1.00 bits per heavy atom. The summed E-state index contributed by atoms with van der Waals surface area (Å²) in [5.74, 6) is 0. The van der Waals surface area contributed by atoms with Crippen LogP contribution in [0.3, 0.4) is 0 Å². The van der Waals surface area contributed by atoms with Crippen LogP contribution in [-0.4, -0.2) is 24.5 Å². The van der Waals surface area contributed by atoms with Gasteiger partial charge in [0.2, 0.25) is 0 Å². The molecule has 0 rings (SSSR count). The SMILES string of the molecule is OP(O)O.[H+].[O-]P(O)O. The van der Waals surface area contributed by atoms with Gasteiger partial charge in [-0.3, -0.25) is 0 Å². The topological polar surface area (TPSA) is 124 Å². The average molecular weight is 164 g/mol. The molecule has 6 nitrogen and oxygen atoms in total. The minimum atomic E-state index is -2.87. The summed E-state index contributed by atoms with van der Waals surface area (Å²) in [5.41, 5.74) is 0. The number of hydrogen-bond donors (Lipinski definition) is 5.